The van der Waals surface area contributed by atoms with Crippen LogP contribution in [0.4, 0.5) is 4.79 Å². The minimum Gasteiger partial charge on any atom is -0.464 e. The molecule has 124 valence electrons. The first-order valence-corrected chi connectivity index (χ1v) is 7.82. The number of aryl methyl sites for hydroxylation is 1. The number of aliphatic hydroxyl groups is 1. The second kappa shape index (κ2) is 7.83. The smallest absolute Gasteiger partial charge is 0.315 e. The molecule has 1 aromatic carbocycles. The van der Waals surface area contributed by atoms with Crippen molar-refractivity contribution in [2.75, 3.05) is 0 Å². The summed E-state index contributed by atoms with van der Waals surface area (Å²) in [5, 5.41) is 15.8. The predicted molar refractivity (Wildman–Crippen MR) is 89.0 cm³/mol. The van der Waals surface area contributed by atoms with E-state index in [4.69, 9.17) is 4.42 Å². The van der Waals surface area contributed by atoms with E-state index in [1.807, 2.05) is 63.2 Å². The third-order valence-corrected chi connectivity index (χ3v) is 3.67. The van der Waals surface area contributed by atoms with Gasteiger partial charge < -0.3 is 20.2 Å². The molecule has 2 amide bonds. The van der Waals surface area contributed by atoms with E-state index in [0.717, 1.165) is 17.1 Å². The van der Waals surface area contributed by atoms with Crippen molar-refractivity contribution in [3.05, 3.63) is 59.5 Å². The molecule has 0 saturated heterocycles. The van der Waals surface area contributed by atoms with Crippen LogP contribution in [0.5, 0.6) is 0 Å². The number of carbonyl (C=O) groups is 1. The number of hydrogen-bond donors (Lipinski definition) is 3. The average Bonchev–Trinajstić information content (AvgIpc) is 2.94. The molecular formula is C18H24N2O3. The lowest BCUT2D eigenvalue weighted by atomic mass is 10.0. The summed E-state index contributed by atoms with van der Waals surface area (Å²) < 4.78 is 5.49. The summed E-state index contributed by atoms with van der Waals surface area (Å²) in [5.74, 6) is 1.53. The van der Waals surface area contributed by atoms with Crippen LogP contribution in [0.15, 0.2) is 46.9 Å². The third-order valence-electron chi connectivity index (χ3n) is 3.67. The zero-order valence-electron chi connectivity index (χ0n) is 13.7. The first kappa shape index (κ1) is 17.1. The van der Waals surface area contributed by atoms with Crippen LogP contribution < -0.4 is 10.6 Å². The molecular weight excluding hydrogens is 292 g/mol. The zero-order chi connectivity index (χ0) is 16.8. The Kier molecular flexibility index (Phi) is 5.82. The Hall–Kier alpha value is -2.27. The van der Waals surface area contributed by atoms with Gasteiger partial charge in [-0.05, 0) is 44.9 Å². The summed E-state index contributed by atoms with van der Waals surface area (Å²) in [6, 6.07) is 12.5. The molecule has 3 N–H and O–H groups in total. The monoisotopic (exact) mass is 316 g/mol. The van der Waals surface area contributed by atoms with Crippen molar-refractivity contribution < 1.29 is 14.3 Å². The number of benzene rings is 1. The molecule has 0 fully saturated rings. The van der Waals surface area contributed by atoms with Crippen molar-refractivity contribution in [2.24, 2.45) is 0 Å². The number of aliphatic hydroxyl groups excluding tert-OH is 1. The maximum absolute atomic E-state index is 12.0. The Balaban J connectivity index is 1.80. The molecule has 0 aliphatic rings. The van der Waals surface area contributed by atoms with E-state index < -0.39 is 6.10 Å². The molecule has 2 rings (SSSR count). The average molecular weight is 316 g/mol. The Morgan fingerprint density at radius 3 is 2.43 bits per heavy atom. The fourth-order valence-electron chi connectivity index (χ4n) is 2.42. The maximum Gasteiger partial charge on any atom is 0.315 e. The fraction of sp³-hybridized carbons (Fsp3) is 0.389. The van der Waals surface area contributed by atoms with Crippen molar-refractivity contribution in [1.29, 1.82) is 0 Å². The summed E-state index contributed by atoms with van der Waals surface area (Å²) in [6.45, 7) is 5.60. The lowest BCUT2D eigenvalue weighted by Gasteiger charge is -2.20. The molecule has 0 spiro atoms. The summed E-state index contributed by atoms with van der Waals surface area (Å²) in [4.78, 5) is 12.0. The first-order chi connectivity index (χ1) is 11.0. The number of hydrogen-bond acceptors (Lipinski definition) is 3. The Labute approximate surface area is 136 Å². The van der Waals surface area contributed by atoms with Gasteiger partial charge in [-0.25, -0.2) is 4.79 Å². The molecule has 0 radical (unpaired) electrons. The van der Waals surface area contributed by atoms with Gasteiger partial charge in [-0.15, -0.1) is 0 Å². The van der Waals surface area contributed by atoms with Gasteiger partial charge in [0.25, 0.3) is 0 Å². The van der Waals surface area contributed by atoms with Gasteiger partial charge in [-0.2, -0.15) is 0 Å². The standard InChI is InChI=1S/C18H24N2O3/c1-12(11-16(21)15-7-5-4-6-8-15)19-18(22)20-14(3)17-10-9-13(2)23-17/h4-10,12,14,16,21H,11H2,1-3H3,(H2,19,20,22). The van der Waals surface area contributed by atoms with Crippen LogP contribution in [0, 0.1) is 6.92 Å². The molecule has 1 heterocycles. The summed E-state index contributed by atoms with van der Waals surface area (Å²) >= 11 is 0. The van der Waals surface area contributed by atoms with Crippen molar-refractivity contribution >= 4 is 6.03 Å². The Bertz CT molecular complexity index is 624. The highest BCUT2D eigenvalue weighted by atomic mass is 16.3. The Morgan fingerprint density at radius 2 is 1.83 bits per heavy atom. The normalized spacial score (nSPS) is 14.8. The second-order valence-corrected chi connectivity index (χ2v) is 5.85. The summed E-state index contributed by atoms with van der Waals surface area (Å²) in [5.41, 5.74) is 0.848. The van der Waals surface area contributed by atoms with E-state index in [9.17, 15) is 9.90 Å². The highest BCUT2D eigenvalue weighted by Gasteiger charge is 2.17. The van der Waals surface area contributed by atoms with E-state index in [-0.39, 0.29) is 18.1 Å². The van der Waals surface area contributed by atoms with Crippen LogP contribution >= 0.6 is 0 Å². The molecule has 1 aromatic heterocycles. The summed E-state index contributed by atoms with van der Waals surface area (Å²) in [6.07, 6.45) is -0.150. The van der Waals surface area contributed by atoms with Crippen LogP contribution in [-0.4, -0.2) is 17.2 Å². The van der Waals surface area contributed by atoms with Gasteiger partial charge in [0.1, 0.15) is 11.5 Å². The molecule has 23 heavy (non-hydrogen) atoms. The van der Waals surface area contributed by atoms with Crippen LogP contribution in [0.2, 0.25) is 0 Å². The molecule has 5 nitrogen and oxygen atoms in total. The lowest BCUT2D eigenvalue weighted by Crippen LogP contribution is -2.42. The van der Waals surface area contributed by atoms with Crippen molar-refractivity contribution in [3.8, 4) is 0 Å². The third kappa shape index (κ3) is 5.14. The van der Waals surface area contributed by atoms with Gasteiger partial charge in [0.15, 0.2) is 0 Å². The van der Waals surface area contributed by atoms with Crippen LogP contribution in [0.1, 0.15) is 49.5 Å². The molecule has 0 aliphatic heterocycles. The van der Waals surface area contributed by atoms with E-state index in [0.29, 0.717) is 6.42 Å². The minimum absolute atomic E-state index is 0.157. The summed E-state index contributed by atoms with van der Waals surface area (Å²) in [7, 11) is 0. The minimum atomic E-state index is -0.600. The molecule has 0 bridgehead atoms. The largest absolute Gasteiger partial charge is 0.464 e. The molecule has 0 saturated carbocycles. The molecule has 3 atom stereocenters. The number of amides is 2. The SMILES string of the molecule is Cc1ccc(C(C)NC(=O)NC(C)CC(O)c2ccccc2)o1. The van der Waals surface area contributed by atoms with Gasteiger partial charge in [0.2, 0.25) is 0 Å². The fourth-order valence-corrected chi connectivity index (χ4v) is 2.42. The predicted octanol–water partition coefficient (Wildman–Crippen LogP) is 3.46. The highest BCUT2D eigenvalue weighted by molar-refractivity contribution is 5.74. The molecule has 5 heteroatoms. The number of urea groups is 1. The topological polar surface area (TPSA) is 74.5 Å². The molecule has 3 unspecified atom stereocenters. The van der Waals surface area contributed by atoms with Gasteiger partial charge in [0.05, 0.1) is 12.1 Å². The van der Waals surface area contributed by atoms with E-state index in [2.05, 4.69) is 10.6 Å². The van der Waals surface area contributed by atoms with E-state index in [1.54, 1.807) is 0 Å². The van der Waals surface area contributed by atoms with Gasteiger partial charge in [-0.1, -0.05) is 30.3 Å². The molecule has 0 aliphatic carbocycles. The van der Waals surface area contributed by atoms with Crippen LogP contribution in [0.25, 0.3) is 0 Å². The zero-order valence-corrected chi connectivity index (χ0v) is 13.7. The van der Waals surface area contributed by atoms with Gasteiger partial charge >= 0.3 is 6.03 Å². The Morgan fingerprint density at radius 1 is 1.13 bits per heavy atom. The van der Waals surface area contributed by atoms with E-state index >= 15 is 0 Å². The van der Waals surface area contributed by atoms with E-state index in [1.165, 1.54) is 0 Å². The van der Waals surface area contributed by atoms with Crippen molar-refractivity contribution in [2.45, 2.75) is 45.4 Å². The first-order valence-electron chi connectivity index (χ1n) is 7.82. The number of carbonyl (C=O) groups excluding carboxylic acids is 1. The number of nitrogens with one attached hydrogen (secondary N) is 2. The van der Waals surface area contributed by atoms with Crippen LogP contribution in [-0.2, 0) is 0 Å². The van der Waals surface area contributed by atoms with Gasteiger partial charge in [-0.3, -0.25) is 0 Å². The highest BCUT2D eigenvalue weighted by Crippen LogP contribution is 2.18. The van der Waals surface area contributed by atoms with Crippen molar-refractivity contribution in [3.63, 3.8) is 0 Å². The van der Waals surface area contributed by atoms with Crippen LogP contribution in [0.3, 0.4) is 0 Å². The second-order valence-electron chi connectivity index (χ2n) is 5.85. The van der Waals surface area contributed by atoms with Gasteiger partial charge in [0, 0.05) is 6.04 Å². The van der Waals surface area contributed by atoms with Crippen molar-refractivity contribution in [1.82, 2.24) is 10.6 Å². The lowest BCUT2D eigenvalue weighted by molar-refractivity contribution is 0.154. The maximum atomic E-state index is 12.0. The quantitative estimate of drug-likeness (QED) is 0.764. The molecule has 2 aromatic rings. The number of furan rings is 1. The number of rotatable bonds is 6.